The molecule has 0 amide bonds. The number of nitrogens with one attached hydrogen (secondary N) is 2. The van der Waals surface area contributed by atoms with Crippen LogP contribution in [-0.2, 0) is 0 Å². The van der Waals surface area contributed by atoms with Gasteiger partial charge in [-0.1, -0.05) is 26.7 Å². The summed E-state index contributed by atoms with van der Waals surface area (Å²) in [6.45, 7) is 7.83. The van der Waals surface area contributed by atoms with Gasteiger partial charge in [0.1, 0.15) is 5.82 Å². The minimum Gasteiger partial charge on any atom is -0.344 e. The fraction of sp³-hybridized carbons (Fsp3) is 0.800. The number of hydrogen-bond donors (Lipinski definition) is 2. The molecule has 3 atom stereocenters. The highest BCUT2D eigenvalue weighted by Gasteiger charge is 2.23. The predicted molar refractivity (Wildman–Crippen MR) is 75.7 cm³/mol. The van der Waals surface area contributed by atoms with Gasteiger partial charge in [0.05, 0.1) is 5.69 Å². The zero-order chi connectivity index (χ0) is 13.0. The van der Waals surface area contributed by atoms with E-state index >= 15 is 0 Å². The average molecular weight is 249 g/mol. The Labute approximate surface area is 111 Å². The van der Waals surface area contributed by atoms with Gasteiger partial charge in [0.2, 0.25) is 0 Å². The van der Waals surface area contributed by atoms with Gasteiger partial charge in [-0.15, -0.1) is 0 Å². The lowest BCUT2D eigenvalue weighted by Gasteiger charge is -2.25. The molecule has 0 saturated heterocycles. The van der Waals surface area contributed by atoms with Crippen molar-refractivity contribution < 1.29 is 0 Å². The molecule has 0 spiro atoms. The fourth-order valence-corrected chi connectivity index (χ4v) is 2.93. The van der Waals surface area contributed by atoms with Crippen LogP contribution in [0.1, 0.15) is 76.4 Å². The number of H-pyrrole nitrogens is 1. The van der Waals surface area contributed by atoms with Crippen molar-refractivity contribution in [1.82, 2.24) is 15.3 Å². The molecule has 1 aliphatic rings. The number of aromatic amines is 1. The molecular weight excluding hydrogens is 222 g/mol. The Kier molecular flexibility index (Phi) is 4.81. The zero-order valence-corrected chi connectivity index (χ0v) is 12.0. The summed E-state index contributed by atoms with van der Waals surface area (Å²) in [5.41, 5.74) is 1.23. The van der Waals surface area contributed by atoms with Crippen LogP contribution in [-0.4, -0.2) is 16.5 Å². The van der Waals surface area contributed by atoms with Crippen LogP contribution < -0.4 is 5.32 Å². The van der Waals surface area contributed by atoms with Crippen LogP contribution in [0.5, 0.6) is 0 Å². The molecular formula is C15H27N3. The molecule has 3 nitrogen and oxygen atoms in total. The number of imidazole rings is 1. The van der Waals surface area contributed by atoms with E-state index in [9.17, 15) is 0 Å². The summed E-state index contributed by atoms with van der Waals surface area (Å²) in [4.78, 5) is 8.15. The van der Waals surface area contributed by atoms with Crippen molar-refractivity contribution in [3.05, 3.63) is 17.7 Å². The molecule has 1 fully saturated rings. The minimum absolute atomic E-state index is 0.382. The Morgan fingerprint density at radius 2 is 2.33 bits per heavy atom. The number of aromatic nitrogens is 2. The van der Waals surface area contributed by atoms with Crippen LogP contribution in [0.3, 0.4) is 0 Å². The largest absolute Gasteiger partial charge is 0.344 e. The number of hydrogen-bond acceptors (Lipinski definition) is 2. The van der Waals surface area contributed by atoms with Crippen molar-refractivity contribution in [3.8, 4) is 0 Å². The molecule has 0 bridgehead atoms. The smallest absolute Gasteiger partial charge is 0.109 e. The number of nitrogens with zero attached hydrogens (tertiary/aromatic N) is 1. The van der Waals surface area contributed by atoms with E-state index in [0.29, 0.717) is 12.0 Å². The monoisotopic (exact) mass is 249 g/mol. The molecule has 1 aromatic heterocycles. The standard InChI is InChI=1S/C15H27N3/c1-4-8-16-12(3)14-10-17-15(18-14)13-7-5-6-11(2)9-13/h10-13,16H,4-9H2,1-3H3,(H,17,18). The summed E-state index contributed by atoms with van der Waals surface area (Å²) < 4.78 is 0. The van der Waals surface area contributed by atoms with Crippen LogP contribution >= 0.6 is 0 Å². The van der Waals surface area contributed by atoms with Crippen molar-refractivity contribution in [2.75, 3.05) is 6.54 Å². The molecule has 1 aromatic rings. The highest BCUT2D eigenvalue weighted by Crippen LogP contribution is 2.34. The SMILES string of the molecule is CCCNC(C)c1cnc(C2CCCC(C)C2)[nH]1. The molecule has 2 N–H and O–H groups in total. The van der Waals surface area contributed by atoms with Crippen molar-refractivity contribution in [3.63, 3.8) is 0 Å². The van der Waals surface area contributed by atoms with E-state index in [1.807, 2.05) is 6.20 Å². The van der Waals surface area contributed by atoms with Gasteiger partial charge in [-0.05, 0) is 38.6 Å². The maximum Gasteiger partial charge on any atom is 0.109 e. The van der Waals surface area contributed by atoms with Crippen LogP contribution in [0, 0.1) is 5.92 Å². The van der Waals surface area contributed by atoms with Gasteiger partial charge >= 0.3 is 0 Å². The van der Waals surface area contributed by atoms with Gasteiger partial charge in [0.15, 0.2) is 0 Å². The van der Waals surface area contributed by atoms with Crippen LogP contribution in [0.4, 0.5) is 0 Å². The Bertz CT molecular complexity index is 358. The van der Waals surface area contributed by atoms with E-state index in [1.165, 1.54) is 43.6 Å². The van der Waals surface area contributed by atoms with Crippen LogP contribution in [0.15, 0.2) is 6.20 Å². The summed E-state index contributed by atoms with van der Waals surface area (Å²) in [5.74, 6) is 2.72. The first kappa shape index (κ1) is 13.6. The van der Waals surface area contributed by atoms with Crippen molar-refractivity contribution in [2.45, 2.75) is 64.8 Å². The molecule has 102 valence electrons. The topological polar surface area (TPSA) is 40.7 Å². The maximum atomic E-state index is 4.61. The summed E-state index contributed by atoms with van der Waals surface area (Å²) in [6, 6.07) is 0.382. The fourth-order valence-electron chi connectivity index (χ4n) is 2.93. The molecule has 1 heterocycles. The molecule has 1 aliphatic carbocycles. The molecule has 0 aliphatic heterocycles. The van der Waals surface area contributed by atoms with Crippen LogP contribution in [0.25, 0.3) is 0 Å². The van der Waals surface area contributed by atoms with Gasteiger partial charge in [0.25, 0.3) is 0 Å². The molecule has 1 saturated carbocycles. The third-order valence-electron chi connectivity index (χ3n) is 4.11. The quantitative estimate of drug-likeness (QED) is 0.834. The molecule has 2 rings (SSSR count). The molecule has 0 radical (unpaired) electrons. The summed E-state index contributed by atoms with van der Waals surface area (Å²) in [5, 5.41) is 3.50. The number of rotatable bonds is 5. The van der Waals surface area contributed by atoms with E-state index in [2.05, 4.69) is 36.1 Å². The first-order valence-electron chi connectivity index (χ1n) is 7.48. The summed E-state index contributed by atoms with van der Waals surface area (Å²) >= 11 is 0. The highest BCUT2D eigenvalue weighted by atomic mass is 15.0. The van der Waals surface area contributed by atoms with Gasteiger partial charge in [0, 0.05) is 18.2 Å². The Hall–Kier alpha value is -0.830. The van der Waals surface area contributed by atoms with E-state index < -0.39 is 0 Å². The van der Waals surface area contributed by atoms with Gasteiger partial charge in [-0.2, -0.15) is 0 Å². The Morgan fingerprint density at radius 3 is 3.06 bits per heavy atom. The second-order valence-electron chi connectivity index (χ2n) is 5.87. The predicted octanol–water partition coefficient (Wildman–Crippen LogP) is 3.76. The second kappa shape index (κ2) is 6.37. The van der Waals surface area contributed by atoms with Gasteiger partial charge < -0.3 is 10.3 Å². The van der Waals surface area contributed by atoms with E-state index in [1.54, 1.807) is 0 Å². The summed E-state index contributed by atoms with van der Waals surface area (Å²) in [6.07, 6.45) is 8.52. The Balaban J connectivity index is 1.96. The van der Waals surface area contributed by atoms with Crippen LogP contribution in [0.2, 0.25) is 0 Å². The van der Waals surface area contributed by atoms with Crippen molar-refractivity contribution in [1.29, 1.82) is 0 Å². The third kappa shape index (κ3) is 3.35. The normalized spacial score (nSPS) is 26.2. The van der Waals surface area contributed by atoms with Crippen molar-refractivity contribution >= 4 is 0 Å². The highest BCUT2D eigenvalue weighted by molar-refractivity contribution is 5.09. The molecule has 18 heavy (non-hydrogen) atoms. The average Bonchev–Trinajstić information content (AvgIpc) is 2.85. The summed E-state index contributed by atoms with van der Waals surface area (Å²) in [7, 11) is 0. The zero-order valence-electron chi connectivity index (χ0n) is 12.0. The Morgan fingerprint density at radius 1 is 1.50 bits per heavy atom. The molecule has 0 aromatic carbocycles. The van der Waals surface area contributed by atoms with E-state index in [4.69, 9.17) is 0 Å². The molecule has 3 unspecified atom stereocenters. The third-order valence-corrected chi connectivity index (χ3v) is 4.11. The lowest BCUT2D eigenvalue weighted by Crippen LogP contribution is -2.19. The maximum absolute atomic E-state index is 4.61. The van der Waals surface area contributed by atoms with E-state index in [0.717, 1.165) is 12.5 Å². The van der Waals surface area contributed by atoms with E-state index in [-0.39, 0.29) is 0 Å². The van der Waals surface area contributed by atoms with Crippen molar-refractivity contribution in [2.24, 2.45) is 5.92 Å². The van der Waals surface area contributed by atoms with Gasteiger partial charge in [-0.3, -0.25) is 0 Å². The first-order chi connectivity index (χ1) is 8.70. The van der Waals surface area contributed by atoms with Gasteiger partial charge in [-0.25, -0.2) is 4.98 Å². The lowest BCUT2D eigenvalue weighted by atomic mass is 9.82. The lowest BCUT2D eigenvalue weighted by molar-refractivity contribution is 0.336. The molecule has 3 heteroatoms. The second-order valence-corrected chi connectivity index (χ2v) is 5.87. The first-order valence-corrected chi connectivity index (χ1v) is 7.48. The minimum atomic E-state index is 0.382.